The first-order chi connectivity index (χ1) is 16.7. The molecule has 0 aliphatic heterocycles. The largest absolute Gasteiger partial charge is 0.309 e. The minimum absolute atomic E-state index is 0.106. The molecule has 0 unspecified atom stereocenters. The van der Waals surface area contributed by atoms with Crippen LogP contribution < -0.4 is 5.32 Å². The Morgan fingerprint density at radius 2 is 1.68 bits per heavy atom. The lowest BCUT2D eigenvalue weighted by molar-refractivity contribution is -0.116. The molecule has 4 aromatic rings. The lowest BCUT2D eigenvalue weighted by atomic mass is 9.91. The summed E-state index contributed by atoms with van der Waals surface area (Å²) in [5, 5.41) is 2.98. The van der Waals surface area contributed by atoms with Crippen LogP contribution in [0.25, 0.3) is 23.4 Å². The van der Waals surface area contributed by atoms with Gasteiger partial charge < -0.3 is 5.32 Å². The molecule has 168 valence electrons. The number of nitrogens with one attached hydrogen (secondary N) is 1. The van der Waals surface area contributed by atoms with Crippen molar-refractivity contribution in [1.82, 2.24) is 9.97 Å². The quantitative estimate of drug-likeness (QED) is 0.386. The topological polar surface area (TPSA) is 54.9 Å². The van der Waals surface area contributed by atoms with Gasteiger partial charge in [0.05, 0.1) is 11.4 Å². The fourth-order valence-corrected chi connectivity index (χ4v) is 4.17. The minimum atomic E-state index is -0.248. The van der Waals surface area contributed by atoms with E-state index in [1.54, 1.807) is 12.1 Å². The molecule has 1 aliphatic rings. The number of carbonyl (C=O) groups is 1. The molecule has 0 fully saturated rings. The van der Waals surface area contributed by atoms with E-state index in [9.17, 15) is 9.18 Å². The van der Waals surface area contributed by atoms with Crippen molar-refractivity contribution in [2.75, 3.05) is 5.32 Å². The Morgan fingerprint density at radius 1 is 0.912 bits per heavy atom. The van der Waals surface area contributed by atoms with Crippen LogP contribution in [0.3, 0.4) is 0 Å². The molecule has 34 heavy (non-hydrogen) atoms. The molecule has 1 amide bonds. The number of rotatable bonds is 6. The number of anilines is 1. The standard InChI is InChI=1S/C29H24FN3O/c30-23-14-15-24-22(19-23)13-17-25-28(24)31-26(16-11-20-7-3-1-4-8-20)29(32-25)33-27(34)18-12-21-9-5-2-6-10-21/h1-11,14-16,19H,12-13,17-18H2,(H,32,33,34). The van der Waals surface area contributed by atoms with Crippen LogP contribution in [0.2, 0.25) is 0 Å². The average Bonchev–Trinajstić information content (AvgIpc) is 2.87. The lowest BCUT2D eigenvalue weighted by Crippen LogP contribution is -2.18. The Hall–Kier alpha value is -4.12. The van der Waals surface area contributed by atoms with Crippen LogP contribution in [0.5, 0.6) is 0 Å². The van der Waals surface area contributed by atoms with Gasteiger partial charge in [-0.15, -0.1) is 0 Å². The van der Waals surface area contributed by atoms with Crippen LogP contribution in [0, 0.1) is 5.82 Å². The Kier molecular flexibility index (Phi) is 6.25. The first kappa shape index (κ1) is 21.7. The number of fused-ring (bicyclic) bond motifs is 3. The van der Waals surface area contributed by atoms with Crippen LogP contribution in [0.4, 0.5) is 10.2 Å². The number of halogens is 1. The zero-order valence-electron chi connectivity index (χ0n) is 18.7. The predicted molar refractivity (Wildman–Crippen MR) is 134 cm³/mol. The summed E-state index contributed by atoms with van der Waals surface area (Å²) < 4.78 is 13.8. The molecule has 1 aliphatic carbocycles. The molecule has 0 radical (unpaired) electrons. The van der Waals surface area contributed by atoms with Gasteiger partial charge in [0.1, 0.15) is 11.5 Å². The van der Waals surface area contributed by atoms with Crippen molar-refractivity contribution < 1.29 is 9.18 Å². The van der Waals surface area contributed by atoms with Gasteiger partial charge >= 0.3 is 0 Å². The summed E-state index contributed by atoms with van der Waals surface area (Å²) in [5.41, 5.74) is 6.09. The van der Waals surface area contributed by atoms with E-state index < -0.39 is 0 Å². The zero-order chi connectivity index (χ0) is 23.3. The third-order valence-electron chi connectivity index (χ3n) is 5.92. The van der Waals surface area contributed by atoms with Crippen LogP contribution >= 0.6 is 0 Å². The lowest BCUT2D eigenvalue weighted by Gasteiger charge is -2.20. The van der Waals surface area contributed by atoms with Gasteiger partial charge in [0.15, 0.2) is 5.82 Å². The van der Waals surface area contributed by atoms with Crippen molar-refractivity contribution in [3.63, 3.8) is 0 Å². The van der Waals surface area contributed by atoms with Crippen LogP contribution in [-0.2, 0) is 24.1 Å². The van der Waals surface area contributed by atoms with Crippen molar-refractivity contribution in [3.05, 3.63) is 113 Å². The van der Waals surface area contributed by atoms with E-state index in [0.29, 0.717) is 37.2 Å². The van der Waals surface area contributed by atoms with Gasteiger partial charge in [0.25, 0.3) is 0 Å². The average molecular weight is 450 g/mol. The number of nitrogens with zero attached hydrogens (tertiary/aromatic N) is 2. The third kappa shape index (κ3) is 4.94. The van der Waals surface area contributed by atoms with Crippen molar-refractivity contribution in [3.8, 4) is 11.3 Å². The number of benzene rings is 3. The number of hydrogen-bond donors (Lipinski definition) is 1. The molecule has 0 atom stereocenters. The van der Waals surface area contributed by atoms with E-state index in [4.69, 9.17) is 9.97 Å². The smallest absolute Gasteiger partial charge is 0.225 e. The Labute approximate surface area is 198 Å². The Balaban J connectivity index is 1.46. The van der Waals surface area contributed by atoms with Gasteiger partial charge in [0.2, 0.25) is 5.91 Å². The van der Waals surface area contributed by atoms with E-state index >= 15 is 0 Å². The maximum absolute atomic E-state index is 13.8. The number of hydrogen-bond acceptors (Lipinski definition) is 3. The summed E-state index contributed by atoms with van der Waals surface area (Å²) in [5.74, 6) is 0.0990. The normalized spacial score (nSPS) is 12.3. The molecule has 0 saturated heterocycles. The molecule has 0 spiro atoms. The van der Waals surface area contributed by atoms with Gasteiger partial charge in [-0.05, 0) is 60.2 Å². The summed E-state index contributed by atoms with van der Waals surface area (Å²) in [6.07, 6.45) is 6.16. The van der Waals surface area contributed by atoms with Crippen LogP contribution in [0.15, 0.2) is 78.9 Å². The van der Waals surface area contributed by atoms with Crippen molar-refractivity contribution in [2.24, 2.45) is 0 Å². The third-order valence-corrected chi connectivity index (χ3v) is 5.92. The molecular weight excluding hydrogens is 425 g/mol. The highest BCUT2D eigenvalue weighted by Gasteiger charge is 2.22. The van der Waals surface area contributed by atoms with Gasteiger partial charge in [0, 0.05) is 12.0 Å². The first-order valence-corrected chi connectivity index (χ1v) is 11.4. The summed E-state index contributed by atoms with van der Waals surface area (Å²) in [6.45, 7) is 0. The fraction of sp³-hybridized carbons (Fsp3) is 0.138. The molecule has 0 saturated carbocycles. The molecule has 4 nitrogen and oxygen atoms in total. The van der Waals surface area contributed by atoms with Crippen LogP contribution in [-0.4, -0.2) is 15.9 Å². The number of amides is 1. The highest BCUT2D eigenvalue weighted by molar-refractivity contribution is 5.92. The van der Waals surface area contributed by atoms with E-state index in [1.807, 2.05) is 72.8 Å². The highest BCUT2D eigenvalue weighted by atomic mass is 19.1. The molecule has 5 rings (SSSR count). The highest BCUT2D eigenvalue weighted by Crippen LogP contribution is 2.33. The molecule has 1 N–H and O–H groups in total. The molecule has 1 aromatic heterocycles. The molecule has 5 heteroatoms. The van der Waals surface area contributed by atoms with E-state index in [0.717, 1.165) is 33.6 Å². The Bertz CT molecular complexity index is 1350. The maximum Gasteiger partial charge on any atom is 0.225 e. The number of carbonyl (C=O) groups excluding carboxylic acids is 1. The van der Waals surface area contributed by atoms with Crippen molar-refractivity contribution in [2.45, 2.75) is 25.7 Å². The summed E-state index contributed by atoms with van der Waals surface area (Å²) in [4.78, 5) is 22.5. The fourth-order valence-electron chi connectivity index (χ4n) is 4.17. The second-order valence-electron chi connectivity index (χ2n) is 8.33. The Morgan fingerprint density at radius 3 is 2.47 bits per heavy atom. The van der Waals surface area contributed by atoms with Crippen molar-refractivity contribution in [1.29, 1.82) is 0 Å². The van der Waals surface area contributed by atoms with Gasteiger partial charge in [-0.1, -0.05) is 66.7 Å². The summed E-state index contributed by atoms with van der Waals surface area (Å²) >= 11 is 0. The second-order valence-corrected chi connectivity index (χ2v) is 8.33. The van der Waals surface area contributed by atoms with Gasteiger partial charge in [-0.2, -0.15) is 0 Å². The minimum Gasteiger partial charge on any atom is -0.309 e. The monoisotopic (exact) mass is 449 g/mol. The molecule has 0 bridgehead atoms. The van der Waals surface area contributed by atoms with E-state index in [2.05, 4.69) is 5.32 Å². The number of aromatic nitrogens is 2. The predicted octanol–water partition coefficient (Wildman–Crippen LogP) is 6.12. The molecule has 1 heterocycles. The van der Waals surface area contributed by atoms with Crippen molar-refractivity contribution >= 4 is 23.9 Å². The SMILES string of the molecule is O=C(CCc1ccccc1)Nc1nc2c(nc1C=Cc1ccccc1)-c1ccc(F)cc1CC2. The van der Waals surface area contributed by atoms with Gasteiger partial charge in [-0.3, -0.25) is 4.79 Å². The van der Waals surface area contributed by atoms with Crippen LogP contribution in [0.1, 0.15) is 34.5 Å². The zero-order valence-corrected chi connectivity index (χ0v) is 18.7. The maximum atomic E-state index is 13.8. The first-order valence-electron chi connectivity index (χ1n) is 11.4. The summed E-state index contributed by atoms with van der Waals surface area (Å²) in [7, 11) is 0. The molecule has 3 aromatic carbocycles. The van der Waals surface area contributed by atoms with E-state index in [-0.39, 0.29) is 11.7 Å². The molecular formula is C29H24FN3O. The van der Waals surface area contributed by atoms with Gasteiger partial charge in [-0.25, -0.2) is 14.4 Å². The number of aryl methyl sites for hydroxylation is 3. The second kappa shape index (κ2) is 9.79. The van der Waals surface area contributed by atoms with E-state index in [1.165, 1.54) is 6.07 Å². The summed E-state index contributed by atoms with van der Waals surface area (Å²) in [6, 6.07) is 24.6.